The SMILES string of the molecule is Cl.Cl.O=C(N[C@H]1c2ccccc2C[C@@H]1O)C1CN2CCCC2CN1. The van der Waals surface area contributed by atoms with Crippen molar-refractivity contribution in [1.29, 1.82) is 0 Å². The molecule has 7 heteroatoms. The maximum absolute atomic E-state index is 12.6. The minimum atomic E-state index is -0.524. The molecule has 0 saturated carbocycles. The van der Waals surface area contributed by atoms with E-state index in [-0.39, 0.29) is 42.8 Å². The molecule has 134 valence electrons. The lowest BCUT2D eigenvalue weighted by Gasteiger charge is -2.35. The van der Waals surface area contributed by atoms with Crippen LogP contribution in [0.4, 0.5) is 0 Å². The number of piperazine rings is 1. The smallest absolute Gasteiger partial charge is 0.239 e. The Bertz CT molecular complexity index is 587. The number of halogens is 2. The summed E-state index contributed by atoms with van der Waals surface area (Å²) in [5.41, 5.74) is 2.19. The zero-order valence-electron chi connectivity index (χ0n) is 13.5. The molecule has 3 N–H and O–H groups in total. The van der Waals surface area contributed by atoms with Crippen LogP contribution < -0.4 is 10.6 Å². The van der Waals surface area contributed by atoms with E-state index >= 15 is 0 Å². The van der Waals surface area contributed by atoms with Crippen LogP contribution in [0.25, 0.3) is 0 Å². The Morgan fingerprint density at radius 3 is 2.92 bits per heavy atom. The summed E-state index contributed by atoms with van der Waals surface area (Å²) in [4.78, 5) is 15.0. The van der Waals surface area contributed by atoms with E-state index in [0.717, 1.165) is 30.8 Å². The number of nitrogens with zero attached hydrogens (tertiary/aromatic N) is 1. The number of rotatable bonds is 2. The summed E-state index contributed by atoms with van der Waals surface area (Å²) in [5, 5.41) is 16.7. The maximum Gasteiger partial charge on any atom is 0.239 e. The lowest BCUT2D eigenvalue weighted by atomic mass is 10.1. The van der Waals surface area contributed by atoms with Gasteiger partial charge in [-0.2, -0.15) is 0 Å². The van der Waals surface area contributed by atoms with E-state index in [1.807, 2.05) is 24.3 Å². The van der Waals surface area contributed by atoms with Gasteiger partial charge in [-0.3, -0.25) is 9.69 Å². The Kier molecular flexibility index (Phi) is 6.51. The molecule has 0 radical (unpaired) electrons. The topological polar surface area (TPSA) is 64.6 Å². The molecule has 2 aliphatic heterocycles. The summed E-state index contributed by atoms with van der Waals surface area (Å²) in [6, 6.07) is 8.12. The molecule has 4 rings (SSSR count). The van der Waals surface area contributed by atoms with Crippen molar-refractivity contribution in [2.75, 3.05) is 19.6 Å². The molecule has 24 heavy (non-hydrogen) atoms. The fourth-order valence-electron chi connectivity index (χ4n) is 4.12. The predicted molar refractivity (Wildman–Crippen MR) is 97.9 cm³/mol. The molecule has 1 aromatic rings. The summed E-state index contributed by atoms with van der Waals surface area (Å²) < 4.78 is 0. The summed E-state index contributed by atoms with van der Waals surface area (Å²) in [7, 11) is 0. The number of hydrogen-bond acceptors (Lipinski definition) is 4. The van der Waals surface area contributed by atoms with Gasteiger partial charge < -0.3 is 15.7 Å². The van der Waals surface area contributed by atoms with Crippen LogP contribution in [0.1, 0.15) is 30.0 Å². The third kappa shape index (κ3) is 3.55. The van der Waals surface area contributed by atoms with Gasteiger partial charge in [-0.15, -0.1) is 24.8 Å². The van der Waals surface area contributed by atoms with Crippen LogP contribution in [0.3, 0.4) is 0 Å². The molecule has 0 bridgehead atoms. The van der Waals surface area contributed by atoms with Gasteiger partial charge >= 0.3 is 0 Å². The highest BCUT2D eigenvalue weighted by Crippen LogP contribution is 2.31. The van der Waals surface area contributed by atoms with Gasteiger partial charge in [-0.05, 0) is 30.5 Å². The van der Waals surface area contributed by atoms with Crippen molar-refractivity contribution in [3.8, 4) is 0 Å². The van der Waals surface area contributed by atoms with Gasteiger partial charge in [-0.1, -0.05) is 24.3 Å². The molecule has 1 aromatic carbocycles. The number of nitrogens with one attached hydrogen (secondary N) is 2. The molecule has 0 spiro atoms. The van der Waals surface area contributed by atoms with Crippen molar-refractivity contribution < 1.29 is 9.90 Å². The van der Waals surface area contributed by atoms with Gasteiger partial charge in [0.25, 0.3) is 0 Å². The first kappa shape index (κ1) is 19.5. The van der Waals surface area contributed by atoms with E-state index < -0.39 is 6.10 Å². The van der Waals surface area contributed by atoms with Crippen molar-refractivity contribution in [2.45, 2.75) is 43.5 Å². The minimum absolute atomic E-state index is 0. The number of carbonyl (C=O) groups is 1. The Hall–Kier alpha value is -0.850. The molecule has 2 unspecified atom stereocenters. The largest absolute Gasteiger partial charge is 0.390 e. The molecule has 2 saturated heterocycles. The minimum Gasteiger partial charge on any atom is -0.390 e. The molecule has 5 nitrogen and oxygen atoms in total. The average Bonchev–Trinajstić information content (AvgIpc) is 3.11. The van der Waals surface area contributed by atoms with Gasteiger partial charge in [0.15, 0.2) is 0 Å². The number of aliphatic hydroxyl groups excluding tert-OH is 1. The Labute approximate surface area is 155 Å². The van der Waals surface area contributed by atoms with E-state index in [1.54, 1.807) is 0 Å². The monoisotopic (exact) mass is 373 g/mol. The van der Waals surface area contributed by atoms with Crippen LogP contribution in [-0.4, -0.2) is 53.7 Å². The predicted octanol–water partition coefficient (Wildman–Crippen LogP) is 1.04. The zero-order chi connectivity index (χ0) is 15.1. The van der Waals surface area contributed by atoms with Gasteiger partial charge in [0.2, 0.25) is 5.91 Å². The average molecular weight is 374 g/mol. The van der Waals surface area contributed by atoms with Gasteiger partial charge in [0.1, 0.15) is 0 Å². The first-order valence-electron chi connectivity index (χ1n) is 8.26. The number of aliphatic hydroxyl groups is 1. The fourth-order valence-corrected chi connectivity index (χ4v) is 4.12. The van der Waals surface area contributed by atoms with Crippen LogP contribution in [-0.2, 0) is 11.2 Å². The summed E-state index contributed by atoms with van der Waals surface area (Å²) in [5.74, 6) is 0.00565. The number of carbonyl (C=O) groups excluding carboxylic acids is 1. The van der Waals surface area contributed by atoms with Crippen LogP contribution in [0.5, 0.6) is 0 Å². The second kappa shape index (κ2) is 8.02. The molecule has 0 aromatic heterocycles. The van der Waals surface area contributed by atoms with Crippen LogP contribution in [0.2, 0.25) is 0 Å². The normalized spacial score (nSPS) is 31.4. The van der Waals surface area contributed by atoms with Crippen molar-refractivity contribution >= 4 is 30.7 Å². The first-order chi connectivity index (χ1) is 10.7. The van der Waals surface area contributed by atoms with Gasteiger partial charge in [-0.25, -0.2) is 0 Å². The molecule has 1 aliphatic carbocycles. The van der Waals surface area contributed by atoms with E-state index in [1.165, 1.54) is 12.8 Å². The second-order valence-electron chi connectivity index (χ2n) is 6.71. The van der Waals surface area contributed by atoms with Crippen LogP contribution >= 0.6 is 24.8 Å². The van der Waals surface area contributed by atoms with E-state index in [0.29, 0.717) is 12.5 Å². The maximum atomic E-state index is 12.6. The Morgan fingerprint density at radius 1 is 1.29 bits per heavy atom. The van der Waals surface area contributed by atoms with Gasteiger partial charge in [0, 0.05) is 25.6 Å². The number of hydrogen-bond donors (Lipinski definition) is 3. The highest BCUT2D eigenvalue weighted by atomic mass is 35.5. The van der Waals surface area contributed by atoms with Crippen LogP contribution in [0.15, 0.2) is 24.3 Å². The molecule has 2 heterocycles. The second-order valence-corrected chi connectivity index (χ2v) is 6.71. The molecule has 4 atom stereocenters. The summed E-state index contributed by atoms with van der Waals surface area (Å²) in [6.45, 7) is 2.77. The first-order valence-corrected chi connectivity index (χ1v) is 8.26. The Balaban J connectivity index is 0.00000104. The number of benzene rings is 1. The van der Waals surface area contributed by atoms with Crippen molar-refractivity contribution in [1.82, 2.24) is 15.5 Å². The molecule has 1 amide bonds. The molecular weight excluding hydrogens is 349 g/mol. The molecular formula is C17H25Cl2N3O2. The standard InChI is InChI=1S/C17H23N3O2.2ClH/c21-15-8-11-4-1-2-6-13(11)16(15)19-17(22)14-10-20-7-3-5-12(20)9-18-14;;/h1-2,4,6,12,14-16,18,21H,3,5,7-10H2,(H,19,22);2*1H/t12?,14?,15-,16-;;/m0../s1. The Morgan fingerprint density at radius 2 is 2.08 bits per heavy atom. The lowest BCUT2D eigenvalue weighted by molar-refractivity contribution is -0.126. The van der Waals surface area contributed by atoms with E-state index in [2.05, 4.69) is 15.5 Å². The van der Waals surface area contributed by atoms with Crippen molar-refractivity contribution in [2.24, 2.45) is 0 Å². The third-order valence-electron chi connectivity index (χ3n) is 5.33. The van der Waals surface area contributed by atoms with E-state index in [9.17, 15) is 9.90 Å². The highest BCUT2D eigenvalue weighted by Gasteiger charge is 2.37. The quantitative estimate of drug-likeness (QED) is 0.724. The van der Waals surface area contributed by atoms with Crippen LogP contribution in [0, 0.1) is 0 Å². The summed E-state index contributed by atoms with van der Waals surface area (Å²) >= 11 is 0. The highest BCUT2D eigenvalue weighted by molar-refractivity contribution is 5.85. The van der Waals surface area contributed by atoms with Gasteiger partial charge in [0.05, 0.1) is 18.2 Å². The fraction of sp³-hybridized carbons (Fsp3) is 0.588. The van der Waals surface area contributed by atoms with Crippen molar-refractivity contribution in [3.63, 3.8) is 0 Å². The third-order valence-corrected chi connectivity index (χ3v) is 5.33. The lowest BCUT2D eigenvalue weighted by Crippen LogP contribution is -2.59. The zero-order valence-corrected chi connectivity index (χ0v) is 15.1. The number of fused-ring (bicyclic) bond motifs is 2. The molecule has 3 aliphatic rings. The summed E-state index contributed by atoms with van der Waals surface area (Å²) in [6.07, 6.45) is 2.56. The number of amides is 1. The van der Waals surface area contributed by atoms with E-state index in [4.69, 9.17) is 0 Å². The van der Waals surface area contributed by atoms with Crippen molar-refractivity contribution in [3.05, 3.63) is 35.4 Å². The molecule has 2 fully saturated rings.